The Morgan fingerprint density at radius 2 is 1.75 bits per heavy atom. The van der Waals surface area contributed by atoms with Gasteiger partial charge in [0, 0.05) is 10.9 Å². The molecule has 2 aromatic carbocycles. The van der Waals surface area contributed by atoms with Crippen LogP contribution in [0.5, 0.6) is 5.75 Å². The zero-order chi connectivity index (χ0) is 11.5. The van der Waals surface area contributed by atoms with E-state index in [1.165, 1.54) is 5.56 Å². The number of halogens is 1. The molecule has 0 bridgehead atoms. The Hall–Kier alpha value is -1.28. The van der Waals surface area contributed by atoms with E-state index in [0.717, 1.165) is 22.0 Å². The standard InChI is InChI=1S/C14H13BrO/c1-10-3-2-4-12(14(10)16)9-11-5-7-13(15)8-6-11/h2-8,16H,9H2,1H3. The molecule has 0 aliphatic carbocycles. The summed E-state index contributed by atoms with van der Waals surface area (Å²) >= 11 is 3.41. The molecular weight excluding hydrogens is 264 g/mol. The molecule has 0 heterocycles. The topological polar surface area (TPSA) is 20.2 Å². The monoisotopic (exact) mass is 276 g/mol. The lowest BCUT2D eigenvalue weighted by Gasteiger charge is -2.07. The quantitative estimate of drug-likeness (QED) is 0.877. The van der Waals surface area contributed by atoms with Crippen molar-refractivity contribution in [2.45, 2.75) is 13.3 Å². The van der Waals surface area contributed by atoms with Gasteiger partial charge in [0.25, 0.3) is 0 Å². The first-order valence-corrected chi connectivity index (χ1v) is 5.98. The molecule has 0 spiro atoms. The first kappa shape index (κ1) is 11.2. The molecule has 0 unspecified atom stereocenters. The third kappa shape index (κ3) is 2.45. The summed E-state index contributed by atoms with van der Waals surface area (Å²) in [5, 5.41) is 9.90. The molecule has 0 saturated heterocycles. The van der Waals surface area contributed by atoms with Crippen LogP contribution in [0.2, 0.25) is 0 Å². The molecule has 0 aliphatic heterocycles. The molecule has 0 fully saturated rings. The Balaban J connectivity index is 2.27. The lowest BCUT2D eigenvalue weighted by molar-refractivity contribution is 0.465. The predicted octanol–water partition coefficient (Wildman–Crippen LogP) is 4.05. The lowest BCUT2D eigenvalue weighted by Crippen LogP contribution is -1.90. The minimum atomic E-state index is 0.408. The average Bonchev–Trinajstić information content (AvgIpc) is 2.28. The number of aryl methyl sites for hydroxylation is 1. The minimum Gasteiger partial charge on any atom is -0.507 e. The molecule has 2 aromatic rings. The van der Waals surface area contributed by atoms with Crippen LogP contribution in [0.25, 0.3) is 0 Å². The molecule has 1 nitrogen and oxygen atoms in total. The average molecular weight is 277 g/mol. The number of hydrogen-bond donors (Lipinski definition) is 1. The molecule has 0 atom stereocenters. The van der Waals surface area contributed by atoms with Crippen molar-refractivity contribution >= 4 is 15.9 Å². The van der Waals surface area contributed by atoms with E-state index in [2.05, 4.69) is 28.1 Å². The highest BCUT2D eigenvalue weighted by Gasteiger charge is 2.04. The summed E-state index contributed by atoms with van der Waals surface area (Å²) < 4.78 is 1.07. The molecule has 0 aliphatic rings. The number of rotatable bonds is 2. The molecular formula is C14H13BrO. The summed E-state index contributed by atoms with van der Waals surface area (Å²) in [7, 11) is 0. The summed E-state index contributed by atoms with van der Waals surface area (Å²) in [6.07, 6.45) is 0.765. The van der Waals surface area contributed by atoms with E-state index in [1.807, 2.05) is 37.3 Å². The van der Waals surface area contributed by atoms with Gasteiger partial charge in [-0.15, -0.1) is 0 Å². The Kier molecular flexibility index (Phi) is 3.30. The maximum atomic E-state index is 9.90. The van der Waals surface area contributed by atoms with Crippen LogP contribution >= 0.6 is 15.9 Å². The third-order valence-corrected chi connectivity index (χ3v) is 3.16. The van der Waals surface area contributed by atoms with Crippen LogP contribution in [-0.4, -0.2) is 5.11 Å². The fourth-order valence-electron chi connectivity index (χ4n) is 1.68. The van der Waals surface area contributed by atoms with Crippen molar-refractivity contribution in [2.75, 3.05) is 0 Å². The van der Waals surface area contributed by atoms with Gasteiger partial charge in [0.15, 0.2) is 0 Å². The molecule has 2 heteroatoms. The summed E-state index contributed by atoms with van der Waals surface area (Å²) in [5.41, 5.74) is 3.10. The third-order valence-electron chi connectivity index (χ3n) is 2.63. The largest absolute Gasteiger partial charge is 0.507 e. The van der Waals surface area contributed by atoms with Gasteiger partial charge in [-0.2, -0.15) is 0 Å². The van der Waals surface area contributed by atoms with Gasteiger partial charge in [-0.1, -0.05) is 46.3 Å². The van der Waals surface area contributed by atoms with E-state index in [0.29, 0.717) is 5.75 Å². The van der Waals surface area contributed by atoms with Crippen LogP contribution < -0.4 is 0 Å². The van der Waals surface area contributed by atoms with Gasteiger partial charge in [0.2, 0.25) is 0 Å². The Morgan fingerprint density at radius 1 is 1.06 bits per heavy atom. The normalized spacial score (nSPS) is 10.4. The van der Waals surface area contributed by atoms with Gasteiger partial charge in [-0.05, 0) is 35.7 Å². The smallest absolute Gasteiger partial charge is 0.122 e. The molecule has 0 saturated carbocycles. The van der Waals surface area contributed by atoms with Gasteiger partial charge in [0.1, 0.15) is 5.75 Å². The summed E-state index contributed by atoms with van der Waals surface area (Å²) in [4.78, 5) is 0. The second kappa shape index (κ2) is 4.71. The number of phenols is 1. The van der Waals surface area contributed by atoms with E-state index in [1.54, 1.807) is 0 Å². The maximum absolute atomic E-state index is 9.90. The zero-order valence-electron chi connectivity index (χ0n) is 9.07. The lowest BCUT2D eigenvalue weighted by atomic mass is 10.0. The second-order valence-electron chi connectivity index (χ2n) is 3.89. The number of hydrogen-bond acceptors (Lipinski definition) is 1. The molecule has 2 rings (SSSR count). The number of para-hydroxylation sites is 1. The van der Waals surface area contributed by atoms with E-state index < -0.39 is 0 Å². The minimum absolute atomic E-state index is 0.408. The van der Waals surface area contributed by atoms with Gasteiger partial charge < -0.3 is 5.11 Å². The molecule has 0 amide bonds. The van der Waals surface area contributed by atoms with Crippen LogP contribution in [0.4, 0.5) is 0 Å². The van der Waals surface area contributed by atoms with E-state index >= 15 is 0 Å². The molecule has 0 aromatic heterocycles. The first-order valence-electron chi connectivity index (χ1n) is 5.19. The van der Waals surface area contributed by atoms with Crippen LogP contribution in [0.15, 0.2) is 46.9 Å². The second-order valence-corrected chi connectivity index (χ2v) is 4.80. The zero-order valence-corrected chi connectivity index (χ0v) is 10.7. The maximum Gasteiger partial charge on any atom is 0.122 e. The van der Waals surface area contributed by atoms with Crippen LogP contribution in [0.3, 0.4) is 0 Å². The van der Waals surface area contributed by atoms with Gasteiger partial charge in [-0.25, -0.2) is 0 Å². The first-order chi connectivity index (χ1) is 7.66. The van der Waals surface area contributed by atoms with E-state index in [9.17, 15) is 5.11 Å². The van der Waals surface area contributed by atoms with Crippen molar-refractivity contribution in [2.24, 2.45) is 0 Å². The van der Waals surface area contributed by atoms with Gasteiger partial charge >= 0.3 is 0 Å². The molecule has 1 N–H and O–H groups in total. The van der Waals surface area contributed by atoms with Crippen molar-refractivity contribution in [3.05, 3.63) is 63.6 Å². The summed E-state index contributed by atoms with van der Waals surface area (Å²) in [6.45, 7) is 1.92. The van der Waals surface area contributed by atoms with Crippen LogP contribution in [-0.2, 0) is 6.42 Å². The number of phenolic OH excluding ortho intramolecular Hbond substituents is 1. The highest BCUT2D eigenvalue weighted by atomic mass is 79.9. The van der Waals surface area contributed by atoms with Crippen molar-refractivity contribution in [1.82, 2.24) is 0 Å². The number of aromatic hydroxyl groups is 1. The highest BCUT2D eigenvalue weighted by Crippen LogP contribution is 2.24. The van der Waals surface area contributed by atoms with Gasteiger partial charge in [0.05, 0.1) is 0 Å². The van der Waals surface area contributed by atoms with Crippen LogP contribution in [0.1, 0.15) is 16.7 Å². The Labute approximate surface area is 104 Å². The van der Waals surface area contributed by atoms with Crippen molar-refractivity contribution in [3.63, 3.8) is 0 Å². The highest BCUT2D eigenvalue weighted by molar-refractivity contribution is 9.10. The summed E-state index contributed by atoms with van der Waals surface area (Å²) in [6, 6.07) is 14.0. The molecule has 16 heavy (non-hydrogen) atoms. The fourth-order valence-corrected chi connectivity index (χ4v) is 1.95. The Bertz CT molecular complexity index is 489. The van der Waals surface area contributed by atoms with E-state index in [4.69, 9.17) is 0 Å². The number of benzene rings is 2. The SMILES string of the molecule is Cc1cccc(Cc2ccc(Br)cc2)c1O. The van der Waals surface area contributed by atoms with Crippen molar-refractivity contribution in [1.29, 1.82) is 0 Å². The predicted molar refractivity (Wildman–Crippen MR) is 69.8 cm³/mol. The van der Waals surface area contributed by atoms with Crippen molar-refractivity contribution in [3.8, 4) is 5.75 Å². The Morgan fingerprint density at radius 3 is 2.44 bits per heavy atom. The van der Waals surface area contributed by atoms with Crippen LogP contribution in [0, 0.1) is 6.92 Å². The van der Waals surface area contributed by atoms with E-state index in [-0.39, 0.29) is 0 Å². The molecule has 82 valence electrons. The summed E-state index contributed by atoms with van der Waals surface area (Å²) in [5.74, 6) is 0.408. The van der Waals surface area contributed by atoms with Crippen molar-refractivity contribution < 1.29 is 5.11 Å². The van der Waals surface area contributed by atoms with Gasteiger partial charge in [-0.3, -0.25) is 0 Å². The molecule has 0 radical (unpaired) electrons. The fraction of sp³-hybridized carbons (Fsp3) is 0.143.